The molecule has 1 unspecified atom stereocenters. The molecule has 0 bridgehead atoms. The van der Waals surface area contributed by atoms with Crippen molar-refractivity contribution < 1.29 is 18.0 Å². The lowest BCUT2D eigenvalue weighted by molar-refractivity contribution is -0.140. The first-order valence-corrected chi connectivity index (χ1v) is 17.2. The molecule has 2 amide bonds. The molecule has 0 aromatic heterocycles. The first kappa shape index (κ1) is 34.5. The van der Waals surface area contributed by atoms with E-state index in [-0.39, 0.29) is 29.5 Å². The quantitative estimate of drug-likeness (QED) is 0.173. The Hall–Kier alpha value is -3.37. The van der Waals surface area contributed by atoms with Gasteiger partial charge in [0.25, 0.3) is 10.0 Å². The summed E-state index contributed by atoms with van der Waals surface area (Å²) in [6.45, 7) is 5.06. The number of nitrogens with one attached hydrogen (secondary N) is 1. The summed E-state index contributed by atoms with van der Waals surface area (Å²) in [5.41, 5.74) is 1.22. The molecule has 0 aliphatic heterocycles. The number of halogens is 3. The predicted octanol–water partition coefficient (Wildman–Crippen LogP) is 7.51. The van der Waals surface area contributed by atoms with Crippen molar-refractivity contribution >= 4 is 66.7 Å². The zero-order valence-electron chi connectivity index (χ0n) is 25.1. The van der Waals surface area contributed by atoms with Gasteiger partial charge in [0.05, 0.1) is 10.6 Å². The Bertz CT molecular complexity index is 1750. The van der Waals surface area contributed by atoms with Crippen molar-refractivity contribution in [1.29, 1.82) is 0 Å². The van der Waals surface area contributed by atoms with Crippen LogP contribution in [-0.2, 0) is 32.6 Å². The van der Waals surface area contributed by atoms with Gasteiger partial charge < -0.3 is 10.2 Å². The van der Waals surface area contributed by atoms with E-state index < -0.39 is 34.1 Å². The van der Waals surface area contributed by atoms with E-state index >= 15 is 0 Å². The number of carbonyl (C=O) groups excluding carboxylic acids is 2. The molecule has 0 heterocycles. The van der Waals surface area contributed by atoms with Gasteiger partial charge in [0, 0.05) is 33.0 Å². The standard InChI is InChI=1S/C34H34BrCl2N3O4S/c1-34(2,3)38-33(42)31(20-24-9-5-4-6-10-24)39(22-25-11-7-12-26(35)19-25)32(41)23-40(29-14-8-13-28(37)21-29)45(43,44)30-17-15-27(36)16-18-30/h4-19,21,31H,20,22-23H2,1-3H3,(H,38,42). The van der Waals surface area contributed by atoms with Gasteiger partial charge in [-0.2, -0.15) is 0 Å². The van der Waals surface area contributed by atoms with Crippen molar-refractivity contribution in [2.75, 3.05) is 10.8 Å². The maximum atomic E-state index is 14.5. The fourth-order valence-electron chi connectivity index (χ4n) is 4.73. The van der Waals surface area contributed by atoms with Crippen molar-refractivity contribution in [3.05, 3.63) is 129 Å². The summed E-state index contributed by atoms with van der Waals surface area (Å²) in [6.07, 6.45) is 0.212. The van der Waals surface area contributed by atoms with Gasteiger partial charge >= 0.3 is 0 Å². The highest BCUT2D eigenvalue weighted by Crippen LogP contribution is 2.28. The maximum absolute atomic E-state index is 14.5. The van der Waals surface area contributed by atoms with Crippen LogP contribution >= 0.6 is 39.1 Å². The highest BCUT2D eigenvalue weighted by Gasteiger charge is 2.35. The van der Waals surface area contributed by atoms with Gasteiger partial charge in [-0.1, -0.05) is 87.7 Å². The van der Waals surface area contributed by atoms with Crippen LogP contribution in [0.1, 0.15) is 31.9 Å². The van der Waals surface area contributed by atoms with Crippen molar-refractivity contribution in [2.45, 2.75) is 50.2 Å². The van der Waals surface area contributed by atoms with Crippen LogP contribution in [0.4, 0.5) is 5.69 Å². The number of carbonyl (C=O) groups is 2. The predicted molar refractivity (Wildman–Crippen MR) is 184 cm³/mol. The second-order valence-corrected chi connectivity index (χ2v) is 15.2. The molecule has 0 fully saturated rings. The van der Waals surface area contributed by atoms with Crippen LogP contribution in [0.15, 0.2) is 112 Å². The van der Waals surface area contributed by atoms with E-state index in [1.54, 1.807) is 18.2 Å². The summed E-state index contributed by atoms with van der Waals surface area (Å²) >= 11 is 15.8. The van der Waals surface area contributed by atoms with Crippen LogP contribution in [-0.4, -0.2) is 43.3 Å². The van der Waals surface area contributed by atoms with Gasteiger partial charge in [0.15, 0.2) is 0 Å². The van der Waals surface area contributed by atoms with E-state index in [1.807, 2.05) is 75.4 Å². The third kappa shape index (κ3) is 9.56. The largest absolute Gasteiger partial charge is 0.350 e. The molecule has 0 aliphatic rings. The normalized spacial score (nSPS) is 12.3. The molecule has 1 atom stereocenters. The molecule has 0 aliphatic carbocycles. The minimum atomic E-state index is -4.27. The van der Waals surface area contributed by atoms with Crippen molar-refractivity contribution in [1.82, 2.24) is 10.2 Å². The first-order valence-electron chi connectivity index (χ1n) is 14.2. The molecule has 0 radical (unpaired) electrons. The van der Waals surface area contributed by atoms with E-state index in [4.69, 9.17) is 23.2 Å². The lowest BCUT2D eigenvalue weighted by Crippen LogP contribution is -2.56. The Morgan fingerprint density at radius 1 is 0.822 bits per heavy atom. The van der Waals surface area contributed by atoms with Crippen molar-refractivity contribution in [3.63, 3.8) is 0 Å². The Balaban J connectivity index is 1.82. The molecule has 236 valence electrons. The molecular weight excluding hydrogens is 697 g/mol. The number of anilines is 1. The monoisotopic (exact) mass is 729 g/mol. The van der Waals surface area contributed by atoms with Crippen molar-refractivity contribution in [2.24, 2.45) is 0 Å². The van der Waals surface area contributed by atoms with Crippen LogP contribution in [0, 0.1) is 0 Å². The van der Waals surface area contributed by atoms with Crippen LogP contribution in [0.5, 0.6) is 0 Å². The van der Waals surface area contributed by atoms with E-state index in [2.05, 4.69) is 21.2 Å². The third-order valence-corrected chi connectivity index (χ3v) is 9.56. The number of nitrogens with zero attached hydrogens (tertiary/aromatic N) is 2. The minimum absolute atomic E-state index is 0.0514. The summed E-state index contributed by atoms with van der Waals surface area (Å²) in [7, 11) is -4.27. The molecular formula is C34H34BrCl2N3O4S. The number of amides is 2. The van der Waals surface area contributed by atoms with E-state index in [1.165, 1.54) is 35.2 Å². The number of sulfonamides is 1. The smallest absolute Gasteiger partial charge is 0.264 e. The summed E-state index contributed by atoms with van der Waals surface area (Å²) < 4.78 is 30.0. The number of benzene rings is 4. The fraction of sp³-hybridized carbons (Fsp3) is 0.235. The lowest BCUT2D eigenvalue weighted by Gasteiger charge is -2.35. The fourth-order valence-corrected chi connectivity index (χ4v) is 6.90. The average molecular weight is 732 g/mol. The second-order valence-electron chi connectivity index (χ2n) is 11.5. The van der Waals surface area contributed by atoms with Gasteiger partial charge in [-0.3, -0.25) is 13.9 Å². The number of rotatable bonds is 11. The van der Waals surface area contributed by atoms with Gasteiger partial charge in [-0.25, -0.2) is 8.42 Å². The molecule has 4 aromatic rings. The van der Waals surface area contributed by atoms with Gasteiger partial charge in [-0.05, 0) is 86.5 Å². The Labute approximate surface area is 283 Å². The van der Waals surface area contributed by atoms with Crippen LogP contribution in [0.25, 0.3) is 0 Å². The Morgan fingerprint density at radius 2 is 1.47 bits per heavy atom. The van der Waals surface area contributed by atoms with E-state index in [0.29, 0.717) is 10.0 Å². The summed E-state index contributed by atoms with van der Waals surface area (Å²) in [5.74, 6) is -0.929. The third-order valence-electron chi connectivity index (χ3n) is 6.79. The Morgan fingerprint density at radius 3 is 2.09 bits per heavy atom. The van der Waals surface area contributed by atoms with Crippen LogP contribution < -0.4 is 9.62 Å². The van der Waals surface area contributed by atoms with Gasteiger partial charge in [-0.15, -0.1) is 0 Å². The molecule has 45 heavy (non-hydrogen) atoms. The lowest BCUT2D eigenvalue weighted by atomic mass is 10.0. The first-order chi connectivity index (χ1) is 21.2. The second kappa shape index (κ2) is 14.8. The molecule has 7 nitrogen and oxygen atoms in total. The van der Waals surface area contributed by atoms with Gasteiger partial charge in [0.2, 0.25) is 11.8 Å². The molecule has 4 rings (SSSR count). The number of hydrogen-bond donors (Lipinski definition) is 1. The average Bonchev–Trinajstić information content (AvgIpc) is 2.97. The topological polar surface area (TPSA) is 86.8 Å². The summed E-state index contributed by atoms with van der Waals surface area (Å²) in [6, 6.07) is 27.8. The molecule has 11 heteroatoms. The maximum Gasteiger partial charge on any atom is 0.264 e. The zero-order valence-corrected chi connectivity index (χ0v) is 29.0. The molecule has 0 saturated heterocycles. The molecule has 0 spiro atoms. The SMILES string of the molecule is CC(C)(C)NC(=O)C(Cc1ccccc1)N(Cc1cccc(Br)c1)C(=O)CN(c1cccc(Cl)c1)S(=O)(=O)c1ccc(Cl)cc1. The highest BCUT2D eigenvalue weighted by atomic mass is 79.9. The zero-order chi connectivity index (χ0) is 32.8. The van der Waals surface area contributed by atoms with Crippen LogP contribution in [0.2, 0.25) is 10.0 Å². The van der Waals surface area contributed by atoms with E-state index in [0.717, 1.165) is 19.9 Å². The summed E-state index contributed by atoms with van der Waals surface area (Å²) in [4.78, 5) is 29.8. The van der Waals surface area contributed by atoms with E-state index in [9.17, 15) is 18.0 Å². The highest BCUT2D eigenvalue weighted by molar-refractivity contribution is 9.10. The van der Waals surface area contributed by atoms with Crippen molar-refractivity contribution in [3.8, 4) is 0 Å². The minimum Gasteiger partial charge on any atom is -0.350 e. The Kier molecular flexibility index (Phi) is 11.4. The van der Waals surface area contributed by atoms with Gasteiger partial charge in [0.1, 0.15) is 12.6 Å². The van der Waals surface area contributed by atoms with Crippen LogP contribution in [0.3, 0.4) is 0 Å². The summed E-state index contributed by atoms with van der Waals surface area (Å²) in [5, 5.41) is 3.69. The molecule has 1 N–H and O–H groups in total. The molecule has 4 aromatic carbocycles. The number of hydrogen-bond acceptors (Lipinski definition) is 4. The molecule has 0 saturated carbocycles.